The molecule has 5 nitrogen and oxygen atoms in total. The van der Waals surface area contributed by atoms with Gasteiger partial charge in [-0.15, -0.1) is 0 Å². The van der Waals surface area contributed by atoms with E-state index in [1.165, 1.54) is 23.8 Å². The molecule has 1 aromatic heterocycles. The molecule has 0 bridgehead atoms. The largest absolute Gasteiger partial charge is 0.398 e. The van der Waals surface area contributed by atoms with Crippen LogP contribution in [0.3, 0.4) is 0 Å². The molecule has 1 aromatic rings. The molecule has 0 aliphatic heterocycles. The van der Waals surface area contributed by atoms with Crippen molar-refractivity contribution in [2.75, 3.05) is 11.5 Å². The number of aryl methyl sites for hydroxylation is 1. The van der Waals surface area contributed by atoms with Crippen LogP contribution in [0.2, 0.25) is 0 Å². The number of nitrogens with zero attached hydrogens (tertiary/aromatic N) is 1. The van der Waals surface area contributed by atoms with Gasteiger partial charge in [0.1, 0.15) is 4.90 Å². The van der Waals surface area contributed by atoms with Gasteiger partial charge in [-0.25, -0.2) is 8.42 Å². The van der Waals surface area contributed by atoms with Crippen LogP contribution in [0.5, 0.6) is 0 Å². The van der Waals surface area contributed by atoms with Crippen LogP contribution < -0.4 is 11.3 Å². The topological polar surface area (TPSA) is 82.2 Å². The number of pyridine rings is 1. The summed E-state index contributed by atoms with van der Waals surface area (Å²) in [5.41, 5.74) is 5.31. The van der Waals surface area contributed by atoms with Crippen LogP contribution in [0, 0.1) is 0 Å². The van der Waals surface area contributed by atoms with Crippen LogP contribution in [0.4, 0.5) is 5.69 Å². The molecule has 0 saturated carbocycles. The molecule has 0 radical (unpaired) electrons. The van der Waals surface area contributed by atoms with Gasteiger partial charge in [-0.1, -0.05) is 6.92 Å². The molecular weight excluding hydrogens is 216 g/mol. The zero-order chi connectivity index (χ0) is 11.6. The highest BCUT2D eigenvalue weighted by Gasteiger charge is 2.17. The quantitative estimate of drug-likeness (QED) is 0.806. The molecule has 15 heavy (non-hydrogen) atoms. The number of sulfone groups is 1. The summed E-state index contributed by atoms with van der Waals surface area (Å²) in [4.78, 5) is 11.5. The fourth-order valence-corrected chi connectivity index (χ4v) is 2.25. The molecule has 0 aromatic carbocycles. The third kappa shape index (κ3) is 2.20. The Morgan fingerprint density at radius 1 is 1.40 bits per heavy atom. The Morgan fingerprint density at radius 2 is 2.00 bits per heavy atom. The van der Waals surface area contributed by atoms with E-state index in [0.717, 1.165) is 0 Å². The summed E-state index contributed by atoms with van der Waals surface area (Å²) in [6.07, 6.45) is 1.44. The normalized spacial score (nSPS) is 11.6. The third-order valence-corrected chi connectivity index (χ3v) is 3.85. The van der Waals surface area contributed by atoms with Crippen molar-refractivity contribution in [3.63, 3.8) is 0 Å². The van der Waals surface area contributed by atoms with E-state index < -0.39 is 15.4 Å². The van der Waals surface area contributed by atoms with Gasteiger partial charge >= 0.3 is 0 Å². The van der Waals surface area contributed by atoms with Crippen molar-refractivity contribution in [1.82, 2.24) is 4.57 Å². The average molecular weight is 230 g/mol. The number of nitrogen functional groups attached to an aromatic ring is 1. The van der Waals surface area contributed by atoms with E-state index in [1.54, 1.807) is 6.92 Å². The number of rotatable bonds is 3. The van der Waals surface area contributed by atoms with Gasteiger partial charge in [-0.3, -0.25) is 4.79 Å². The molecule has 0 fully saturated rings. The van der Waals surface area contributed by atoms with Gasteiger partial charge in [0.25, 0.3) is 5.56 Å². The molecule has 0 aliphatic carbocycles. The number of anilines is 1. The van der Waals surface area contributed by atoms with Crippen LogP contribution in [0.15, 0.2) is 22.0 Å². The summed E-state index contributed by atoms with van der Waals surface area (Å²) in [5, 5.41) is 0. The van der Waals surface area contributed by atoms with E-state index in [9.17, 15) is 13.2 Å². The fraction of sp³-hybridized carbons (Fsp3) is 0.444. The average Bonchev–Trinajstić information content (AvgIpc) is 2.20. The number of hydrogen-bond donors (Lipinski definition) is 1. The Kier molecular flexibility index (Phi) is 3.18. The molecule has 84 valence electrons. The molecule has 6 heteroatoms. The van der Waals surface area contributed by atoms with E-state index in [1.807, 2.05) is 0 Å². The number of hydrogen-bond acceptors (Lipinski definition) is 4. The third-order valence-electron chi connectivity index (χ3n) is 2.13. The van der Waals surface area contributed by atoms with E-state index >= 15 is 0 Å². The summed E-state index contributed by atoms with van der Waals surface area (Å²) in [7, 11) is -3.50. The van der Waals surface area contributed by atoms with Crippen molar-refractivity contribution in [2.45, 2.75) is 25.3 Å². The lowest BCUT2D eigenvalue weighted by molar-refractivity contribution is 0.592. The molecule has 1 rings (SSSR count). The molecule has 0 spiro atoms. The lowest BCUT2D eigenvalue weighted by atomic mass is 10.4. The SMILES string of the molecule is CCn1cc(N)cc(S(=O)(=O)CC)c1=O. The van der Waals surface area contributed by atoms with Crippen molar-refractivity contribution in [1.29, 1.82) is 0 Å². The second-order valence-electron chi connectivity index (χ2n) is 3.13. The van der Waals surface area contributed by atoms with E-state index in [4.69, 9.17) is 5.73 Å². The maximum Gasteiger partial charge on any atom is 0.269 e. The summed E-state index contributed by atoms with van der Waals surface area (Å²) in [6, 6.07) is 1.22. The van der Waals surface area contributed by atoms with Crippen molar-refractivity contribution < 1.29 is 8.42 Å². The highest BCUT2D eigenvalue weighted by atomic mass is 32.2. The lowest BCUT2D eigenvalue weighted by Crippen LogP contribution is -2.26. The molecule has 2 N–H and O–H groups in total. The molecule has 0 atom stereocenters. The van der Waals surface area contributed by atoms with Crippen LogP contribution >= 0.6 is 0 Å². The summed E-state index contributed by atoms with van der Waals surface area (Å²) in [5.74, 6) is -0.102. The minimum atomic E-state index is -3.50. The van der Waals surface area contributed by atoms with Gasteiger partial charge in [-0.2, -0.15) is 0 Å². The zero-order valence-corrected chi connectivity index (χ0v) is 9.54. The predicted molar refractivity (Wildman–Crippen MR) is 58.5 cm³/mol. The zero-order valence-electron chi connectivity index (χ0n) is 8.73. The van der Waals surface area contributed by atoms with Crippen molar-refractivity contribution >= 4 is 15.5 Å². The van der Waals surface area contributed by atoms with Gasteiger partial charge in [0.05, 0.1) is 5.75 Å². The van der Waals surface area contributed by atoms with Gasteiger partial charge in [0.2, 0.25) is 0 Å². The second kappa shape index (κ2) is 4.06. The molecule has 0 aliphatic rings. The first-order chi connectivity index (χ1) is 6.92. The number of nitrogens with two attached hydrogens (primary N) is 1. The van der Waals surface area contributed by atoms with Crippen LogP contribution in [-0.4, -0.2) is 18.7 Å². The van der Waals surface area contributed by atoms with E-state index in [-0.39, 0.29) is 16.3 Å². The van der Waals surface area contributed by atoms with Crippen LogP contribution in [0.25, 0.3) is 0 Å². The minimum Gasteiger partial charge on any atom is -0.398 e. The molecule has 1 heterocycles. The Hall–Kier alpha value is -1.30. The highest BCUT2D eigenvalue weighted by Crippen LogP contribution is 2.09. The standard InChI is InChI=1S/C9H14N2O3S/c1-3-11-6-7(10)5-8(9(11)12)15(13,14)4-2/h5-6H,3-4,10H2,1-2H3. The molecule has 0 amide bonds. The molecular formula is C9H14N2O3S. The molecule has 0 saturated heterocycles. The highest BCUT2D eigenvalue weighted by molar-refractivity contribution is 7.91. The first-order valence-corrected chi connectivity index (χ1v) is 6.30. The summed E-state index contributed by atoms with van der Waals surface area (Å²) in [6.45, 7) is 3.65. The Morgan fingerprint density at radius 3 is 2.47 bits per heavy atom. The first-order valence-electron chi connectivity index (χ1n) is 4.65. The van der Waals surface area contributed by atoms with Crippen LogP contribution in [0.1, 0.15) is 13.8 Å². The lowest BCUT2D eigenvalue weighted by Gasteiger charge is -2.07. The van der Waals surface area contributed by atoms with Crippen molar-refractivity contribution in [3.05, 3.63) is 22.6 Å². The van der Waals surface area contributed by atoms with E-state index in [0.29, 0.717) is 6.54 Å². The Labute approximate surface area is 88.4 Å². The van der Waals surface area contributed by atoms with Crippen LogP contribution in [-0.2, 0) is 16.4 Å². The van der Waals surface area contributed by atoms with E-state index in [2.05, 4.69) is 0 Å². The Bertz CT molecular complexity index is 517. The smallest absolute Gasteiger partial charge is 0.269 e. The first kappa shape index (κ1) is 11.8. The second-order valence-corrected chi connectivity index (χ2v) is 5.38. The maximum atomic E-state index is 11.7. The van der Waals surface area contributed by atoms with Crippen molar-refractivity contribution in [3.8, 4) is 0 Å². The predicted octanol–water partition coefficient (Wildman–Crippen LogP) is 0.244. The minimum absolute atomic E-state index is 0.102. The van der Waals surface area contributed by atoms with Gasteiger partial charge < -0.3 is 10.3 Å². The maximum absolute atomic E-state index is 11.7. The van der Waals surface area contributed by atoms with Gasteiger partial charge in [-0.05, 0) is 13.0 Å². The molecule has 0 unspecified atom stereocenters. The van der Waals surface area contributed by atoms with Gasteiger partial charge in [0.15, 0.2) is 9.84 Å². The fourth-order valence-electron chi connectivity index (χ4n) is 1.24. The monoisotopic (exact) mass is 230 g/mol. The van der Waals surface area contributed by atoms with Gasteiger partial charge in [0, 0.05) is 18.4 Å². The summed E-state index contributed by atoms with van der Waals surface area (Å²) < 4.78 is 24.4. The summed E-state index contributed by atoms with van der Waals surface area (Å²) >= 11 is 0. The van der Waals surface area contributed by atoms with Crippen molar-refractivity contribution in [2.24, 2.45) is 0 Å². The number of aromatic nitrogens is 1. The Balaban J connectivity index is 3.57.